The lowest BCUT2D eigenvalue weighted by Gasteiger charge is -2.21. The third-order valence-electron chi connectivity index (χ3n) is 3.49. The summed E-state index contributed by atoms with van der Waals surface area (Å²) in [5, 5.41) is 0. The van der Waals surface area contributed by atoms with E-state index in [1.807, 2.05) is 0 Å². The summed E-state index contributed by atoms with van der Waals surface area (Å²) in [6.07, 6.45) is 8.45. The van der Waals surface area contributed by atoms with E-state index in [1.165, 1.54) is 44.2 Å². The van der Waals surface area contributed by atoms with Gasteiger partial charge in [0.25, 0.3) is 0 Å². The summed E-state index contributed by atoms with van der Waals surface area (Å²) in [7, 11) is 0. The van der Waals surface area contributed by atoms with Gasteiger partial charge in [-0.15, -0.1) is 0 Å². The van der Waals surface area contributed by atoms with Gasteiger partial charge in [-0.3, -0.25) is 0 Å². The summed E-state index contributed by atoms with van der Waals surface area (Å²) in [6.45, 7) is 0. The average molecular weight is 224 g/mol. The van der Waals surface area contributed by atoms with Crippen LogP contribution in [-0.2, 0) is 6.42 Å². The van der Waals surface area contributed by atoms with E-state index in [1.54, 1.807) is 0 Å². The molecule has 0 nitrogen and oxygen atoms in total. The molecule has 0 heterocycles. The lowest BCUT2D eigenvalue weighted by molar-refractivity contribution is 0.339. The Kier molecular flexibility index (Phi) is 3.92. The first-order valence-corrected chi connectivity index (χ1v) is 6.19. The maximum atomic E-state index is 13.0. The third kappa shape index (κ3) is 3.29. The van der Waals surface area contributed by atoms with E-state index in [-0.39, 0.29) is 0 Å². The summed E-state index contributed by atoms with van der Waals surface area (Å²) >= 11 is 0. The van der Waals surface area contributed by atoms with Crippen molar-refractivity contribution in [2.45, 2.75) is 44.9 Å². The molecule has 0 spiro atoms. The lowest BCUT2D eigenvalue weighted by Crippen LogP contribution is -2.07. The van der Waals surface area contributed by atoms with Crippen molar-refractivity contribution in [1.82, 2.24) is 0 Å². The van der Waals surface area contributed by atoms with Crippen LogP contribution in [0.2, 0.25) is 0 Å². The Hall–Kier alpha value is -0.920. The average Bonchev–Trinajstić information content (AvgIpc) is 2.27. The highest BCUT2D eigenvalue weighted by molar-refractivity contribution is 5.17. The molecule has 0 aliphatic heterocycles. The Morgan fingerprint density at radius 1 is 0.938 bits per heavy atom. The topological polar surface area (TPSA) is 0 Å². The molecule has 0 aromatic heterocycles. The van der Waals surface area contributed by atoms with E-state index in [9.17, 15) is 8.78 Å². The molecule has 2 rings (SSSR count). The van der Waals surface area contributed by atoms with Crippen molar-refractivity contribution in [3.63, 3.8) is 0 Å². The molecule has 1 aromatic carbocycles. The van der Waals surface area contributed by atoms with Crippen molar-refractivity contribution in [3.8, 4) is 0 Å². The minimum Gasteiger partial charge on any atom is -0.207 e. The molecule has 0 bridgehead atoms. The zero-order valence-corrected chi connectivity index (χ0v) is 9.52. The molecule has 1 aliphatic carbocycles. The molecule has 1 saturated carbocycles. The van der Waals surface area contributed by atoms with Gasteiger partial charge in [-0.25, -0.2) is 8.78 Å². The monoisotopic (exact) mass is 224 g/mol. The fourth-order valence-electron chi connectivity index (χ4n) is 2.60. The smallest absolute Gasteiger partial charge is 0.126 e. The second-order valence-electron chi connectivity index (χ2n) is 4.82. The van der Waals surface area contributed by atoms with Gasteiger partial charge in [0.2, 0.25) is 0 Å². The second-order valence-corrected chi connectivity index (χ2v) is 4.82. The minimum absolute atomic E-state index is 0.460. The SMILES string of the molecule is Fc1cc(F)cc(CCC2CCCCC2)c1. The van der Waals surface area contributed by atoms with Crippen LogP contribution in [0.4, 0.5) is 8.78 Å². The van der Waals surface area contributed by atoms with Gasteiger partial charge in [0.05, 0.1) is 0 Å². The lowest BCUT2D eigenvalue weighted by atomic mass is 9.85. The Morgan fingerprint density at radius 3 is 2.19 bits per heavy atom. The molecule has 0 unspecified atom stereocenters. The number of halogens is 2. The zero-order valence-electron chi connectivity index (χ0n) is 9.52. The normalized spacial score (nSPS) is 17.6. The van der Waals surface area contributed by atoms with E-state index in [0.717, 1.165) is 30.4 Å². The first kappa shape index (κ1) is 11.6. The van der Waals surface area contributed by atoms with E-state index in [4.69, 9.17) is 0 Å². The van der Waals surface area contributed by atoms with Crippen LogP contribution < -0.4 is 0 Å². The maximum absolute atomic E-state index is 13.0. The van der Waals surface area contributed by atoms with Crippen LogP contribution in [0.5, 0.6) is 0 Å². The first-order chi connectivity index (χ1) is 7.74. The Balaban J connectivity index is 1.88. The minimum atomic E-state index is -0.460. The van der Waals surface area contributed by atoms with Crippen LogP contribution in [0.3, 0.4) is 0 Å². The fourth-order valence-corrected chi connectivity index (χ4v) is 2.60. The van der Waals surface area contributed by atoms with Crippen molar-refractivity contribution in [3.05, 3.63) is 35.4 Å². The maximum Gasteiger partial charge on any atom is 0.126 e. The number of benzene rings is 1. The van der Waals surface area contributed by atoms with Crippen molar-refractivity contribution < 1.29 is 8.78 Å². The Bertz CT molecular complexity index is 320. The largest absolute Gasteiger partial charge is 0.207 e. The molecule has 1 aromatic rings. The van der Waals surface area contributed by atoms with Gasteiger partial charge in [0.15, 0.2) is 0 Å². The molecule has 0 atom stereocenters. The van der Waals surface area contributed by atoms with Crippen LogP contribution in [0, 0.1) is 17.6 Å². The van der Waals surface area contributed by atoms with Crippen LogP contribution >= 0.6 is 0 Å². The summed E-state index contributed by atoms with van der Waals surface area (Å²) in [5.74, 6) is -0.155. The predicted octanol–water partition coefficient (Wildman–Crippen LogP) is 4.48. The second kappa shape index (κ2) is 5.42. The van der Waals surface area contributed by atoms with Crippen LogP contribution in [0.1, 0.15) is 44.1 Å². The Labute approximate surface area is 95.7 Å². The van der Waals surface area contributed by atoms with Gasteiger partial charge in [-0.2, -0.15) is 0 Å². The van der Waals surface area contributed by atoms with Crippen molar-refractivity contribution in [2.75, 3.05) is 0 Å². The predicted molar refractivity (Wildman–Crippen MR) is 61.3 cm³/mol. The Morgan fingerprint density at radius 2 is 1.56 bits per heavy atom. The van der Waals surface area contributed by atoms with Crippen molar-refractivity contribution >= 4 is 0 Å². The summed E-state index contributed by atoms with van der Waals surface area (Å²) < 4.78 is 25.9. The molecule has 0 radical (unpaired) electrons. The highest BCUT2D eigenvalue weighted by Crippen LogP contribution is 2.27. The van der Waals surface area contributed by atoms with Gasteiger partial charge in [-0.1, -0.05) is 32.1 Å². The summed E-state index contributed by atoms with van der Waals surface area (Å²) in [5.41, 5.74) is 0.795. The highest BCUT2D eigenvalue weighted by Gasteiger charge is 2.13. The van der Waals surface area contributed by atoms with Gasteiger partial charge >= 0.3 is 0 Å². The molecule has 1 aliphatic rings. The fraction of sp³-hybridized carbons (Fsp3) is 0.571. The molecular weight excluding hydrogens is 206 g/mol. The van der Waals surface area contributed by atoms with Gasteiger partial charge in [-0.05, 0) is 36.5 Å². The van der Waals surface area contributed by atoms with E-state index in [2.05, 4.69) is 0 Å². The van der Waals surface area contributed by atoms with Crippen LogP contribution in [-0.4, -0.2) is 0 Å². The quantitative estimate of drug-likeness (QED) is 0.710. The molecule has 0 amide bonds. The van der Waals surface area contributed by atoms with Gasteiger partial charge < -0.3 is 0 Å². The van der Waals surface area contributed by atoms with Crippen molar-refractivity contribution in [1.29, 1.82) is 0 Å². The molecule has 2 heteroatoms. The molecule has 0 saturated heterocycles. The first-order valence-electron chi connectivity index (χ1n) is 6.19. The molecule has 88 valence electrons. The van der Waals surface area contributed by atoms with Crippen molar-refractivity contribution in [2.24, 2.45) is 5.92 Å². The number of hydrogen-bond donors (Lipinski definition) is 0. The van der Waals surface area contributed by atoms with E-state index < -0.39 is 11.6 Å². The molecular formula is C14H18F2. The number of rotatable bonds is 3. The van der Waals surface area contributed by atoms with E-state index in [0.29, 0.717) is 0 Å². The number of hydrogen-bond acceptors (Lipinski definition) is 0. The summed E-state index contributed by atoms with van der Waals surface area (Å²) in [4.78, 5) is 0. The van der Waals surface area contributed by atoms with Crippen LogP contribution in [0.25, 0.3) is 0 Å². The van der Waals surface area contributed by atoms with Crippen LogP contribution in [0.15, 0.2) is 18.2 Å². The standard InChI is InChI=1S/C14H18F2/c15-13-8-12(9-14(16)10-13)7-6-11-4-2-1-3-5-11/h8-11H,1-7H2. The highest BCUT2D eigenvalue weighted by atomic mass is 19.1. The molecule has 16 heavy (non-hydrogen) atoms. The third-order valence-corrected chi connectivity index (χ3v) is 3.49. The van der Waals surface area contributed by atoms with Gasteiger partial charge in [0.1, 0.15) is 11.6 Å². The summed E-state index contributed by atoms with van der Waals surface area (Å²) in [6, 6.07) is 3.84. The number of aryl methyl sites for hydroxylation is 1. The molecule has 1 fully saturated rings. The van der Waals surface area contributed by atoms with Gasteiger partial charge in [0, 0.05) is 6.07 Å². The zero-order chi connectivity index (χ0) is 11.4. The molecule has 0 N–H and O–H groups in total. The van der Waals surface area contributed by atoms with E-state index >= 15 is 0 Å².